The van der Waals surface area contributed by atoms with Crippen LogP contribution in [0.5, 0.6) is 0 Å². The van der Waals surface area contributed by atoms with Crippen LogP contribution in [0.25, 0.3) is 76.6 Å². The van der Waals surface area contributed by atoms with Gasteiger partial charge < -0.3 is 38.7 Å². The highest BCUT2D eigenvalue weighted by molar-refractivity contribution is 6.31. The van der Waals surface area contributed by atoms with Crippen LogP contribution >= 0.6 is 23.2 Å². The molecule has 5 fully saturated rings. The van der Waals surface area contributed by atoms with Crippen molar-refractivity contribution < 1.29 is 43.1 Å². The van der Waals surface area contributed by atoms with Crippen LogP contribution in [0, 0.1) is 47.8 Å². The summed E-state index contributed by atoms with van der Waals surface area (Å²) in [5.41, 5.74) is 18.6. The van der Waals surface area contributed by atoms with Crippen molar-refractivity contribution in [3.63, 3.8) is 0 Å². The first kappa shape index (κ1) is 74.4. The van der Waals surface area contributed by atoms with E-state index in [2.05, 4.69) is 72.8 Å². The van der Waals surface area contributed by atoms with Crippen LogP contribution < -0.4 is 5.32 Å². The summed E-state index contributed by atoms with van der Waals surface area (Å²) in [5, 5.41) is 24.2. The Morgan fingerprint density at radius 1 is 0.446 bits per heavy atom. The topological polar surface area (TPSA) is 217 Å². The van der Waals surface area contributed by atoms with Crippen molar-refractivity contribution >= 4 is 102 Å². The molecule has 3 N–H and O–H groups in total. The number of Topliss-reactive ketones (excluding diaryl/α,β-unsaturated/α-hetero) is 4. The number of hydrogen-bond donors (Lipinski definition) is 3. The zero-order valence-corrected chi connectivity index (χ0v) is 71.0. The first-order valence-electron chi connectivity index (χ1n) is 46.8. The normalized spacial score (nSPS) is 19.3. The van der Waals surface area contributed by atoms with E-state index in [0.29, 0.717) is 100 Å². The average Bonchev–Trinajstić information content (AvgIpc) is 1.26. The number of aliphatic hydroxyl groups excluding tert-OH is 2. The zero-order valence-electron chi connectivity index (χ0n) is 79.5. The minimum atomic E-state index is -3.56. The molecule has 0 saturated carbocycles. The number of nitrogens with zero attached hydrogens (tertiary/aromatic N) is 15. The number of hydrogen-bond acceptors (Lipinski definition) is 16. The quantitative estimate of drug-likeness (QED) is 0.0308. The second kappa shape index (κ2) is 40.5. The molecule has 5 saturated heterocycles. The number of carbonyl (C=O) groups is 4. The molecule has 0 atom stereocenters. The van der Waals surface area contributed by atoms with Crippen LogP contribution in [0.2, 0.25) is 10.0 Å². The number of likely N-dealkylation sites (tertiary alicyclic amines) is 5. The average molecular weight is 1680 g/mol. The molecule has 121 heavy (non-hydrogen) atoms. The Morgan fingerprint density at radius 3 is 1.24 bits per heavy atom. The molecule has 0 bridgehead atoms. The summed E-state index contributed by atoms with van der Waals surface area (Å²) in [4.78, 5) is 88.4. The monoisotopic (exact) mass is 1670 g/mol. The zero-order chi connectivity index (χ0) is 93.8. The lowest BCUT2D eigenvalue weighted by Gasteiger charge is -2.28. The van der Waals surface area contributed by atoms with Crippen molar-refractivity contribution in [2.24, 2.45) is 0 Å². The number of aromatic nitrogens is 8. The van der Waals surface area contributed by atoms with E-state index in [4.69, 9.17) is 60.0 Å². The van der Waals surface area contributed by atoms with Crippen LogP contribution in [-0.4, -0.2) is 219 Å². The SMILES string of the molecule is CCNCCc1cnc2c(C(=O)CN3CCC(O)CC3)c(C)n(-c3ccc(Cl)cc3)c2c1.Cc1c(C(=O)CN2CCCCC2)c2ncc(CCN3CCCC3)cc2n1-c1ccc(Cl)cc1.[2H]C1([2H])N(CC(=O)c2c(C)n(-c3ccc([N+]#[C-])cc3)c3cc(C)cnc23)C([2H])([2H])C([2H])([2H])C([2H])([2H])C1([2H])[2H].[C-]#[N+]c1ccc(-n2c(C)c(C(=O)CN3CCC(O)CC3)c3ncccc32)cc1. The maximum Gasteiger partial charge on any atom is 0.187 e. The van der Waals surface area contributed by atoms with Crippen LogP contribution in [0.1, 0.15) is 178 Å². The van der Waals surface area contributed by atoms with Gasteiger partial charge in [-0.15, -0.1) is 0 Å². The molecule has 0 amide bonds. The fraction of sp³-hybridized carbons (Fsp3) is 0.402. The molecule has 22 nitrogen and oxygen atoms in total. The fourth-order valence-electron chi connectivity index (χ4n) is 17.1. The number of pyridine rings is 4. The van der Waals surface area contributed by atoms with Gasteiger partial charge in [0.1, 0.15) is 0 Å². The van der Waals surface area contributed by atoms with Crippen molar-refractivity contribution in [2.45, 2.75) is 143 Å². The van der Waals surface area contributed by atoms with E-state index >= 15 is 0 Å². The van der Waals surface area contributed by atoms with Gasteiger partial charge in [-0.1, -0.05) is 67.2 Å². The number of fused-ring (bicyclic) bond motifs is 4. The van der Waals surface area contributed by atoms with Crippen LogP contribution in [0.15, 0.2) is 152 Å². The van der Waals surface area contributed by atoms with Crippen molar-refractivity contribution in [1.29, 1.82) is 0 Å². The molecule has 0 unspecified atom stereocenters. The highest BCUT2D eigenvalue weighted by Crippen LogP contribution is 2.36. The lowest BCUT2D eigenvalue weighted by molar-refractivity contribution is 0.0711. The van der Waals surface area contributed by atoms with Crippen molar-refractivity contribution in [1.82, 2.24) is 68.0 Å². The molecule has 8 aromatic heterocycles. The van der Waals surface area contributed by atoms with Gasteiger partial charge in [0.15, 0.2) is 34.5 Å². The molecule has 4 aromatic carbocycles. The molecule has 13 heterocycles. The third-order valence-electron chi connectivity index (χ3n) is 23.3. The highest BCUT2D eigenvalue weighted by Gasteiger charge is 2.31. The van der Waals surface area contributed by atoms with E-state index in [0.717, 1.165) is 150 Å². The molecule has 0 spiro atoms. The van der Waals surface area contributed by atoms with Crippen molar-refractivity contribution in [3.05, 3.63) is 247 Å². The largest absolute Gasteiger partial charge is 0.393 e. The molecule has 24 heteroatoms. The van der Waals surface area contributed by atoms with E-state index in [9.17, 15) is 29.4 Å². The third-order valence-corrected chi connectivity index (χ3v) is 23.8. The summed E-state index contributed by atoms with van der Waals surface area (Å²) in [7, 11) is 0. The molecule has 5 aliphatic heterocycles. The number of carbonyl (C=O) groups excluding carboxylic acids is 4. The molecule has 17 rings (SSSR count). The molecular formula is C97H110Cl2N16O6. The molecule has 12 aromatic rings. The summed E-state index contributed by atoms with van der Waals surface area (Å²) in [6.45, 7) is 29.3. The number of ketones is 4. The van der Waals surface area contributed by atoms with Gasteiger partial charge in [0, 0.05) is 127 Å². The Kier molecular flexibility index (Phi) is 24.9. The number of benzene rings is 4. The molecule has 5 aliphatic rings. The third kappa shape index (κ3) is 20.5. The number of piperidine rings is 4. The summed E-state index contributed by atoms with van der Waals surface area (Å²) < 4.78 is 89.7. The predicted molar refractivity (Wildman–Crippen MR) is 483 cm³/mol. The summed E-state index contributed by atoms with van der Waals surface area (Å²) in [6, 6.07) is 39.4. The van der Waals surface area contributed by atoms with E-state index in [1.54, 1.807) is 67.1 Å². The standard InChI is InChI=1S/C27H33ClN4O.C25H31ClN4O2.C23H24N4O.C22H22N4O2/c1-20-26(25(33)19-31-14-3-2-4-15-31)27-24(32(20)23-9-7-22(28)8-10-23)17-21(18-29-27)11-16-30-12-5-6-13-30;1-3-27-11-8-18-14-22-25(28-15-18)24(23(32)16-29-12-9-21(31)10-13-29)17(2)30(22)20-6-4-19(26)5-7-20;1-16-13-20-23(25-14-16)22(21(28)15-26-11-5-4-6-12-26)17(2)27(20)19-9-7-18(24-3)8-10-19;1-15-21(20(28)14-25-12-9-18(27)10-13-25)22-19(4-3-11-24-22)26(15)17-7-5-16(23-2)6-8-17/h7-10,17-18H,2-6,11-16,19H2,1H3;4-7,14-15,21,27,31H,3,8-13,16H2,1-2H3;7-10,13-14H,4-6,11-12,15H2,1-2H3;3-8,11,18,27H,9-10,12-14H2,1H3/i;;4D2,5D2,6D2,11D2,12D2;. The van der Waals surface area contributed by atoms with Gasteiger partial charge in [0.05, 0.1) is 118 Å². The first-order chi connectivity index (χ1) is 62.5. The maximum absolute atomic E-state index is 13.7. The second-order valence-electron chi connectivity index (χ2n) is 31.7. The van der Waals surface area contributed by atoms with Gasteiger partial charge in [0.2, 0.25) is 0 Å². The van der Waals surface area contributed by atoms with Crippen LogP contribution in [0.4, 0.5) is 11.4 Å². The van der Waals surface area contributed by atoms with E-state index in [1.165, 1.54) is 57.0 Å². The van der Waals surface area contributed by atoms with Gasteiger partial charge in [-0.2, -0.15) is 0 Å². The number of nitrogens with one attached hydrogen (secondary N) is 1. The summed E-state index contributed by atoms with van der Waals surface area (Å²) in [6.07, 6.45) is 6.93. The van der Waals surface area contributed by atoms with Gasteiger partial charge in [-0.25, -0.2) is 9.69 Å². The van der Waals surface area contributed by atoms with Gasteiger partial charge >= 0.3 is 0 Å². The Labute approximate surface area is 733 Å². The smallest absolute Gasteiger partial charge is 0.187 e. The minimum Gasteiger partial charge on any atom is -0.393 e. The molecule has 0 radical (unpaired) electrons. The Balaban J connectivity index is 0.000000141. The highest BCUT2D eigenvalue weighted by atomic mass is 35.5. The second-order valence-corrected chi connectivity index (χ2v) is 32.6. The number of aliphatic hydroxyl groups is 2. The number of rotatable bonds is 23. The van der Waals surface area contributed by atoms with Crippen molar-refractivity contribution in [2.75, 3.05) is 111 Å². The predicted octanol–water partition coefficient (Wildman–Crippen LogP) is 17.5. The van der Waals surface area contributed by atoms with Gasteiger partial charge in [0.25, 0.3) is 0 Å². The first-order valence-corrected chi connectivity index (χ1v) is 42.5. The molecular weight excluding hydrogens is 1560 g/mol. The summed E-state index contributed by atoms with van der Waals surface area (Å²) >= 11 is 12.3. The lowest BCUT2D eigenvalue weighted by Crippen LogP contribution is -2.39. The Morgan fingerprint density at radius 2 is 0.810 bits per heavy atom. The van der Waals surface area contributed by atoms with E-state index < -0.39 is 44.4 Å². The fourth-order valence-corrected chi connectivity index (χ4v) is 17.4. The van der Waals surface area contributed by atoms with Crippen LogP contribution in [0.3, 0.4) is 0 Å². The molecule has 0 aliphatic carbocycles. The maximum atomic E-state index is 13.7. The lowest BCUT2D eigenvalue weighted by atomic mass is 10.1. The molecule has 628 valence electrons. The number of aryl methyl sites for hydroxylation is 1. The number of likely N-dealkylation sites (N-methyl/N-ethyl adjacent to an activating group) is 1. The Hall–Kier alpha value is -10.4. The Bertz CT molecular complexity index is 6250. The minimum absolute atomic E-state index is 0.00978. The summed E-state index contributed by atoms with van der Waals surface area (Å²) in [5.74, 6) is -0.551. The number of halogens is 2. The van der Waals surface area contributed by atoms with Crippen molar-refractivity contribution in [3.8, 4) is 22.7 Å². The van der Waals surface area contributed by atoms with Gasteiger partial charge in [-0.05, 0) is 284 Å². The van der Waals surface area contributed by atoms with Gasteiger partial charge in [-0.3, -0.25) is 58.7 Å². The van der Waals surface area contributed by atoms with Crippen LogP contribution in [-0.2, 0) is 12.8 Å². The van der Waals surface area contributed by atoms with E-state index in [1.807, 2.05) is 111 Å². The van der Waals surface area contributed by atoms with E-state index in [-0.39, 0.29) is 45.5 Å².